The van der Waals surface area contributed by atoms with Crippen molar-refractivity contribution in [3.8, 4) is 0 Å². The Labute approximate surface area is 111 Å². The van der Waals surface area contributed by atoms with Crippen LogP contribution < -0.4 is 10.6 Å². The monoisotopic (exact) mass is 269 g/mol. The van der Waals surface area contributed by atoms with Crippen LogP contribution in [0.3, 0.4) is 0 Å². The quantitative estimate of drug-likeness (QED) is 0.488. The number of aliphatic hydroxyl groups excluding tert-OH is 1. The van der Waals surface area contributed by atoms with Crippen molar-refractivity contribution >= 4 is 17.1 Å². The van der Waals surface area contributed by atoms with E-state index in [4.69, 9.17) is 4.74 Å². The number of nitrogens with zero attached hydrogens (tertiary/aromatic N) is 1. The highest BCUT2D eigenvalue weighted by Gasteiger charge is 2.10. The van der Waals surface area contributed by atoms with Gasteiger partial charge in [-0.05, 0) is 13.0 Å². The molecule has 19 heavy (non-hydrogen) atoms. The van der Waals surface area contributed by atoms with Gasteiger partial charge in [0.1, 0.15) is 0 Å². The molecule has 3 N–H and O–H groups in total. The van der Waals surface area contributed by atoms with Crippen molar-refractivity contribution in [3.63, 3.8) is 0 Å². The Morgan fingerprint density at radius 2 is 2.00 bits per heavy atom. The molecule has 7 heteroatoms. The Kier molecular flexibility index (Phi) is 6.04. The fraction of sp³-hybridized carbons (Fsp3) is 0.500. The van der Waals surface area contributed by atoms with Gasteiger partial charge in [-0.2, -0.15) is 0 Å². The van der Waals surface area contributed by atoms with E-state index in [1.165, 1.54) is 19.2 Å². The van der Waals surface area contributed by atoms with Crippen LogP contribution in [0.4, 0.5) is 17.1 Å². The number of nitro groups is 1. The lowest BCUT2D eigenvalue weighted by atomic mass is 10.2. The summed E-state index contributed by atoms with van der Waals surface area (Å²) in [6, 6.07) is 4.66. The zero-order valence-corrected chi connectivity index (χ0v) is 11.0. The molecule has 0 aliphatic heterocycles. The predicted octanol–water partition coefficient (Wildman–Crippen LogP) is 1.45. The first-order valence-corrected chi connectivity index (χ1v) is 6.01. The molecule has 0 aromatic heterocycles. The maximum atomic E-state index is 10.8. The highest BCUT2D eigenvalue weighted by atomic mass is 16.6. The van der Waals surface area contributed by atoms with E-state index in [0.717, 1.165) is 0 Å². The average Bonchev–Trinajstić information content (AvgIpc) is 2.37. The Morgan fingerprint density at radius 1 is 1.37 bits per heavy atom. The molecule has 1 rings (SSSR count). The SMILES string of the molecule is CCNc1cc(NCC(O)COC)cc([N+](=O)[O-])c1. The second kappa shape index (κ2) is 7.55. The summed E-state index contributed by atoms with van der Waals surface area (Å²) in [6.07, 6.45) is -0.660. The van der Waals surface area contributed by atoms with E-state index in [-0.39, 0.29) is 18.8 Å². The van der Waals surface area contributed by atoms with E-state index < -0.39 is 11.0 Å². The van der Waals surface area contributed by atoms with Crippen molar-refractivity contribution in [2.24, 2.45) is 0 Å². The molecule has 0 aliphatic carbocycles. The standard InChI is InChI=1S/C12H19N3O4/c1-3-13-9-4-10(6-11(5-9)15(17)18)14-7-12(16)8-19-2/h4-6,12-14,16H,3,7-8H2,1-2H3. The van der Waals surface area contributed by atoms with Gasteiger partial charge < -0.3 is 20.5 Å². The fourth-order valence-electron chi connectivity index (χ4n) is 1.61. The van der Waals surface area contributed by atoms with Crippen LogP contribution in [0.25, 0.3) is 0 Å². The zero-order chi connectivity index (χ0) is 14.3. The molecule has 0 fully saturated rings. The van der Waals surface area contributed by atoms with Crippen LogP contribution >= 0.6 is 0 Å². The summed E-state index contributed by atoms with van der Waals surface area (Å²) in [5.74, 6) is 0. The fourth-order valence-corrected chi connectivity index (χ4v) is 1.61. The van der Waals surface area contributed by atoms with E-state index in [1.807, 2.05) is 6.92 Å². The van der Waals surface area contributed by atoms with E-state index in [1.54, 1.807) is 6.07 Å². The van der Waals surface area contributed by atoms with E-state index in [2.05, 4.69) is 10.6 Å². The molecular weight excluding hydrogens is 250 g/mol. The lowest BCUT2D eigenvalue weighted by Gasteiger charge is -2.13. The first kappa shape index (κ1) is 15.2. The molecule has 106 valence electrons. The molecule has 0 amide bonds. The van der Waals surface area contributed by atoms with Crippen molar-refractivity contribution in [3.05, 3.63) is 28.3 Å². The highest BCUT2D eigenvalue weighted by Crippen LogP contribution is 2.24. The minimum atomic E-state index is -0.660. The molecule has 0 aliphatic rings. The zero-order valence-electron chi connectivity index (χ0n) is 11.0. The molecule has 1 aromatic rings. The number of methoxy groups -OCH3 is 1. The number of anilines is 2. The van der Waals surface area contributed by atoms with Gasteiger partial charge in [-0.15, -0.1) is 0 Å². The number of rotatable bonds is 8. The van der Waals surface area contributed by atoms with Crippen LogP contribution in [0.2, 0.25) is 0 Å². The summed E-state index contributed by atoms with van der Waals surface area (Å²) in [7, 11) is 1.50. The van der Waals surface area contributed by atoms with Gasteiger partial charge in [-0.1, -0.05) is 0 Å². The lowest BCUT2D eigenvalue weighted by Crippen LogP contribution is -2.24. The maximum absolute atomic E-state index is 10.8. The molecule has 0 spiro atoms. The van der Waals surface area contributed by atoms with Crippen LogP contribution in [0.5, 0.6) is 0 Å². The highest BCUT2D eigenvalue weighted by molar-refractivity contribution is 5.63. The topological polar surface area (TPSA) is 96.7 Å². The van der Waals surface area contributed by atoms with Gasteiger partial charge in [0.05, 0.1) is 17.6 Å². The third kappa shape index (κ3) is 5.11. The summed E-state index contributed by atoms with van der Waals surface area (Å²) in [6.45, 7) is 3.06. The van der Waals surface area contributed by atoms with Crippen molar-refractivity contribution in [1.29, 1.82) is 0 Å². The molecule has 0 saturated carbocycles. The number of hydrogen-bond donors (Lipinski definition) is 3. The second-order valence-corrected chi connectivity index (χ2v) is 4.05. The number of nitro benzene ring substituents is 1. The molecular formula is C12H19N3O4. The van der Waals surface area contributed by atoms with Gasteiger partial charge in [-0.25, -0.2) is 0 Å². The second-order valence-electron chi connectivity index (χ2n) is 4.05. The molecule has 1 unspecified atom stereocenters. The summed E-state index contributed by atoms with van der Waals surface area (Å²) < 4.78 is 4.81. The van der Waals surface area contributed by atoms with E-state index >= 15 is 0 Å². The Bertz CT molecular complexity index is 425. The number of aliphatic hydroxyl groups is 1. The van der Waals surface area contributed by atoms with Gasteiger partial charge in [0.25, 0.3) is 5.69 Å². The molecule has 0 radical (unpaired) electrons. The minimum Gasteiger partial charge on any atom is -0.389 e. The average molecular weight is 269 g/mol. The number of hydrogen-bond acceptors (Lipinski definition) is 6. The maximum Gasteiger partial charge on any atom is 0.273 e. The third-order valence-corrected chi connectivity index (χ3v) is 2.41. The number of non-ortho nitro benzene ring substituents is 1. The van der Waals surface area contributed by atoms with Gasteiger partial charge >= 0.3 is 0 Å². The van der Waals surface area contributed by atoms with Crippen molar-refractivity contribution in [2.75, 3.05) is 37.4 Å². The first-order valence-electron chi connectivity index (χ1n) is 6.01. The van der Waals surface area contributed by atoms with E-state index in [9.17, 15) is 15.2 Å². The predicted molar refractivity (Wildman–Crippen MR) is 73.6 cm³/mol. The first-order chi connectivity index (χ1) is 9.06. The summed E-state index contributed by atoms with van der Waals surface area (Å²) in [5.41, 5.74) is 1.25. The van der Waals surface area contributed by atoms with Crippen LogP contribution in [0.1, 0.15) is 6.92 Å². The number of nitrogens with one attached hydrogen (secondary N) is 2. The molecule has 0 bridgehead atoms. The molecule has 7 nitrogen and oxygen atoms in total. The number of benzene rings is 1. The van der Waals surface area contributed by atoms with Crippen LogP contribution in [-0.2, 0) is 4.74 Å². The van der Waals surface area contributed by atoms with Crippen LogP contribution in [0, 0.1) is 10.1 Å². The Hall–Kier alpha value is -1.86. The third-order valence-electron chi connectivity index (χ3n) is 2.41. The molecule has 1 aromatic carbocycles. The van der Waals surface area contributed by atoms with Crippen molar-refractivity contribution in [2.45, 2.75) is 13.0 Å². The van der Waals surface area contributed by atoms with Gasteiger partial charge in [0.15, 0.2) is 0 Å². The molecule has 0 saturated heterocycles. The van der Waals surface area contributed by atoms with Crippen molar-refractivity contribution in [1.82, 2.24) is 0 Å². The Morgan fingerprint density at radius 3 is 2.53 bits per heavy atom. The summed E-state index contributed by atoms with van der Waals surface area (Å²) >= 11 is 0. The summed E-state index contributed by atoms with van der Waals surface area (Å²) in [4.78, 5) is 10.4. The molecule has 1 atom stereocenters. The normalized spacial score (nSPS) is 11.9. The van der Waals surface area contributed by atoms with Crippen LogP contribution in [-0.4, -0.2) is 42.9 Å². The number of ether oxygens (including phenoxy) is 1. The van der Waals surface area contributed by atoms with Crippen molar-refractivity contribution < 1.29 is 14.8 Å². The van der Waals surface area contributed by atoms with E-state index in [0.29, 0.717) is 17.9 Å². The Balaban J connectivity index is 2.78. The smallest absolute Gasteiger partial charge is 0.273 e. The lowest BCUT2D eigenvalue weighted by molar-refractivity contribution is -0.384. The minimum absolute atomic E-state index is 0.00202. The molecule has 0 heterocycles. The van der Waals surface area contributed by atoms with Crippen LogP contribution in [0.15, 0.2) is 18.2 Å². The van der Waals surface area contributed by atoms with Gasteiger partial charge in [0, 0.05) is 43.7 Å². The largest absolute Gasteiger partial charge is 0.389 e. The van der Waals surface area contributed by atoms with Gasteiger partial charge in [0.2, 0.25) is 0 Å². The van der Waals surface area contributed by atoms with Gasteiger partial charge in [-0.3, -0.25) is 10.1 Å². The summed E-state index contributed by atoms with van der Waals surface area (Å²) in [5, 5.41) is 26.3.